The number of phenols is 1. The summed E-state index contributed by atoms with van der Waals surface area (Å²) in [6.45, 7) is 2.06. The van der Waals surface area contributed by atoms with Gasteiger partial charge in [-0.15, -0.1) is 0 Å². The number of aromatic hydroxyl groups is 1. The first kappa shape index (κ1) is 13.8. The average Bonchev–Trinajstić information content (AvgIpc) is 2.88. The third-order valence-corrected chi connectivity index (χ3v) is 3.06. The zero-order chi connectivity index (χ0) is 13.8. The molecule has 0 saturated heterocycles. The smallest absolute Gasteiger partial charge is 0.258 e. The summed E-state index contributed by atoms with van der Waals surface area (Å²) in [5.74, 6) is 0.893. The quantitative estimate of drug-likeness (QED) is 0.908. The summed E-state index contributed by atoms with van der Waals surface area (Å²) in [6, 6.07) is 4.73. The van der Waals surface area contributed by atoms with E-state index in [1.165, 1.54) is 6.07 Å². The summed E-state index contributed by atoms with van der Waals surface area (Å²) in [6.07, 6.45) is 1.62. The van der Waals surface area contributed by atoms with Crippen molar-refractivity contribution >= 4 is 11.6 Å². The molecule has 0 amide bonds. The molecule has 6 heteroatoms. The predicted molar refractivity (Wildman–Crippen MR) is 71.1 cm³/mol. The van der Waals surface area contributed by atoms with Crippen LogP contribution in [0.4, 0.5) is 0 Å². The highest BCUT2D eigenvalue weighted by Gasteiger charge is 2.18. The minimum atomic E-state index is -0.171. The van der Waals surface area contributed by atoms with Gasteiger partial charge in [0.1, 0.15) is 11.9 Å². The highest BCUT2D eigenvalue weighted by atomic mass is 35.5. The van der Waals surface area contributed by atoms with E-state index in [0.717, 1.165) is 12.8 Å². The van der Waals surface area contributed by atoms with Gasteiger partial charge in [0.25, 0.3) is 5.89 Å². The van der Waals surface area contributed by atoms with E-state index in [9.17, 15) is 5.11 Å². The normalized spacial score (nSPS) is 12.6. The molecule has 102 valence electrons. The molecule has 2 rings (SSSR count). The van der Waals surface area contributed by atoms with E-state index in [1.807, 2.05) is 0 Å². The van der Waals surface area contributed by atoms with E-state index in [-0.39, 0.29) is 16.9 Å². The van der Waals surface area contributed by atoms with Gasteiger partial charge in [-0.2, -0.15) is 4.98 Å². The molecule has 0 spiro atoms. The van der Waals surface area contributed by atoms with E-state index < -0.39 is 0 Å². The topological polar surface area (TPSA) is 68.4 Å². The molecule has 0 aliphatic heterocycles. The van der Waals surface area contributed by atoms with Crippen LogP contribution in [-0.2, 0) is 4.74 Å². The number of methoxy groups -OCH3 is 1. The van der Waals surface area contributed by atoms with Gasteiger partial charge in [-0.25, -0.2) is 0 Å². The van der Waals surface area contributed by atoms with Crippen LogP contribution in [0.3, 0.4) is 0 Å². The van der Waals surface area contributed by atoms with Crippen LogP contribution >= 0.6 is 11.6 Å². The molecule has 1 heterocycles. The fraction of sp³-hybridized carbons (Fsp3) is 0.385. The van der Waals surface area contributed by atoms with Gasteiger partial charge in [-0.1, -0.05) is 30.1 Å². The van der Waals surface area contributed by atoms with E-state index in [1.54, 1.807) is 19.2 Å². The fourth-order valence-electron chi connectivity index (χ4n) is 1.74. The first-order chi connectivity index (χ1) is 9.15. The summed E-state index contributed by atoms with van der Waals surface area (Å²) < 4.78 is 10.5. The van der Waals surface area contributed by atoms with Crippen LogP contribution < -0.4 is 0 Å². The Morgan fingerprint density at radius 3 is 2.89 bits per heavy atom. The molecule has 2 aromatic rings. The Hall–Kier alpha value is -1.59. The van der Waals surface area contributed by atoms with Gasteiger partial charge in [0.05, 0.1) is 5.02 Å². The van der Waals surface area contributed by atoms with Gasteiger partial charge in [0.15, 0.2) is 0 Å². The van der Waals surface area contributed by atoms with Gasteiger partial charge >= 0.3 is 0 Å². The molecule has 1 aromatic heterocycles. The molecule has 0 aliphatic rings. The second-order valence-electron chi connectivity index (χ2n) is 4.14. The molecule has 5 nitrogen and oxygen atoms in total. The Labute approximate surface area is 116 Å². The molecule has 1 N–H and O–H groups in total. The van der Waals surface area contributed by atoms with Crippen LogP contribution in [0, 0.1) is 0 Å². The number of nitrogens with zero attached hydrogens (tertiary/aromatic N) is 2. The number of aromatic nitrogens is 2. The molecule has 0 aliphatic carbocycles. The Bertz CT molecular complexity index is 557. The van der Waals surface area contributed by atoms with Crippen LogP contribution in [0.5, 0.6) is 5.75 Å². The minimum Gasteiger partial charge on any atom is -0.506 e. The number of benzene rings is 1. The van der Waals surface area contributed by atoms with Crippen LogP contribution in [0.25, 0.3) is 11.5 Å². The Morgan fingerprint density at radius 2 is 2.26 bits per heavy atom. The largest absolute Gasteiger partial charge is 0.506 e. The predicted octanol–water partition coefficient (Wildman–Crippen LogP) is 3.58. The third-order valence-electron chi connectivity index (χ3n) is 2.76. The number of hydrogen-bond donors (Lipinski definition) is 1. The summed E-state index contributed by atoms with van der Waals surface area (Å²) in [7, 11) is 1.62. The lowest BCUT2D eigenvalue weighted by Gasteiger charge is -2.08. The summed E-state index contributed by atoms with van der Waals surface area (Å²) in [5.41, 5.74) is 0.660. The van der Waals surface area contributed by atoms with Crippen LogP contribution in [0.15, 0.2) is 22.7 Å². The molecule has 0 saturated carbocycles. The summed E-state index contributed by atoms with van der Waals surface area (Å²) in [5, 5.41) is 13.5. The van der Waals surface area contributed by atoms with Gasteiger partial charge in [-0.05, 0) is 24.6 Å². The van der Waals surface area contributed by atoms with E-state index in [4.69, 9.17) is 20.9 Å². The SMILES string of the molecule is CCCC(OC)c1noc(-c2ccc(O)c(Cl)c2)n1. The Morgan fingerprint density at radius 1 is 1.47 bits per heavy atom. The van der Waals surface area contributed by atoms with E-state index >= 15 is 0 Å². The van der Waals surface area contributed by atoms with Crippen molar-refractivity contribution in [3.8, 4) is 17.2 Å². The molecular formula is C13H15ClN2O3. The van der Waals surface area contributed by atoms with Crippen molar-refractivity contribution < 1.29 is 14.4 Å². The van der Waals surface area contributed by atoms with Crippen molar-refractivity contribution in [1.82, 2.24) is 10.1 Å². The van der Waals surface area contributed by atoms with Gasteiger partial charge in [0, 0.05) is 12.7 Å². The number of ether oxygens (including phenoxy) is 1. The Kier molecular flexibility index (Phi) is 4.39. The van der Waals surface area contributed by atoms with Gasteiger partial charge in [0.2, 0.25) is 5.82 Å². The zero-order valence-corrected chi connectivity index (χ0v) is 11.5. The van der Waals surface area contributed by atoms with Crippen molar-refractivity contribution in [2.24, 2.45) is 0 Å². The molecule has 1 atom stereocenters. The van der Waals surface area contributed by atoms with Gasteiger partial charge in [-0.3, -0.25) is 0 Å². The van der Waals surface area contributed by atoms with Crippen molar-refractivity contribution in [2.75, 3.05) is 7.11 Å². The Balaban J connectivity index is 2.27. The van der Waals surface area contributed by atoms with Crippen LogP contribution in [-0.4, -0.2) is 22.4 Å². The molecule has 1 aromatic carbocycles. The van der Waals surface area contributed by atoms with E-state index in [0.29, 0.717) is 17.3 Å². The van der Waals surface area contributed by atoms with Crippen molar-refractivity contribution in [1.29, 1.82) is 0 Å². The highest BCUT2D eigenvalue weighted by molar-refractivity contribution is 6.32. The summed E-state index contributed by atoms with van der Waals surface area (Å²) in [4.78, 5) is 4.30. The lowest BCUT2D eigenvalue weighted by atomic mass is 10.2. The maximum absolute atomic E-state index is 9.37. The fourth-order valence-corrected chi connectivity index (χ4v) is 1.92. The zero-order valence-electron chi connectivity index (χ0n) is 10.8. The first-order valence-electron chi connectivity index (χ1n) is 6.01. The average molecular weight is 283 g/mol. The standard InChI is InChI=1S/C13H15ClN2O3/c1-3-4-11(18-2)12-15-13(19-16-12)8-5-6-10(17)9(14)7-8/h5-7,11,17H,3-4H2,1-2H3. The second-order valence-corrected chi connectivity index (χ2v) is 4.54. The number of hydrogen-bond acceptors (Lipinski definition) is 5. The number of phenolic OH excluding ortho intramolecular Hbond substituents is 1. The monoisotopic (exact) mass is 282 g/mol. The summed E-state index contributed by atoms with van der Waals surface area (Å²) >= 11 is 5.85. The number of halogens is 1. The lowest BCUT2D eigenvalue weighted by Crippen LogP contribution is -2.03. The molecular weight excluding hydrogens is 268 g/mol. The number of rotatable bonds is 5. The molecule has 0 bridgehead atoms. The van der Waals surface area contributed by atoms with Gasteiger partial charge < -0.3 is 14.4 Å². The third kappa shape index (κ3) is 3.05. The maximum Gasteiger partial charge on any atom is 0.258 e. The lowest BCUT2D eigenvalue weighted by molar-refractivity contribution is 0.0854. The first-order valence-corrected chi connectivity index (χ1v) is 6.38. The van der Waals surface area contributed by atoms with Crippen LogP contribution in [0.1, 0.15) is 31.7 Å². The highest BCUT2D eigenvalue weighted by Crippen LogP contribution is 2.29. The van der Waals surface area contributed by atoms with Crippen LogP contribution in [0.2, 0.25) is 5.02 Å². The maximum atomic E-state index is 9.37. The molecule has 1 unspecified atom stereocenters. The molecule has 19 heavy (non-hydrogen) atoms. The minimum absolute atomic E-state index is 0.0194. The van der Waals surface area contributed by atoms with E-state index in [2.05, 4.69) is 17.1 Å². The second kappa shape index (κ2) is 6.04. The van der Waals surface area contributed by atoms with Crippen molar-refractivity contribution in [3.05, 3.63) is 29.0 Å². The molecule has 0 fully saturated rings. The van der Waals surface area contributed by atoms with Crippen molar-refractivity contribution in [3.63, 3.8) is 0 Å². The van der Waals surface area contributed by atoms with Crippen molar-refractivity contribution in [2.45, 2.75) is 25.9 Å². The molecule has 0 radical (unpaired) electrons.